The average Bonchev–Trinajstić information content (AvgIpc) is 3.37. The fourth-order valence-corrected chi connectivity index (χ4v) is 5.33. The molecule has 1 N–H and O–H groups in total. The van der Waals surface area contributed by atoms with E-state index in [0.717, 1.165) is 5.56 Å². The Morgan fingerprint density at radius 2 is 1.77 bits per heavy atom. The minimum atomic E-state index is -0.976. The van der Waals surface area contributed by atoms with Crippen LogP contribution in [0.5, 0.6) is 0 Å². The third-order valence-electron chi connectivity index (χ3n) is 5.75. The first-order valence-electron chi connectivity index (χ1n) is 10.7. The highest BCUT2D eigenvalue weighted by molar-refractivity contribution is 7.17. The van der Waals surface area contributed by atoms with E-state index >= 15 is 0 Å². The van der Waals surface area contributed by atoms with E-state index in [1.165, 1.54) is 40.5 Å². The van der Waals surface area contributed by atoms with Gasteiger partial charge < -0.3 is 5.11 Å². The maximum absolute atomic E-state index is 13.8. The van der Waals surface area contributed by atoms with Gasteiger partial charge in [0.1, 0.15) is 10.8 Å². The summed E-state index contributed by atoms with van der Waals surface area (Å²) in [5, 5.41) is 12.0. The van der Waals surface area contributed by atoms with Crippen molar-refractivity contribution < 1.29 is 19.1 Å². The van der Waals surface area contributed by atoms with E-state index in [1.54, 1.807) is 31.2 Å². The third kappa shape index (κ3) is 4.13. The van der Waals surface area contributed by atoms with Gasteiger partial charge in [0.15, 0.2) is 5.76 Å². The molecule has 1 atom stereocenters. The number of rotatable bonds is 5. The second kappa shape index (κ2) is 9.09. The highest BCUT2D eigenvalue weighted by atomic mass is 35.5. The van der Waals surface area contributed by atoms with Gasteiger partial charge in [0.25, 0.3) is 5.91 Å². The molecule has 4 aromatic rings. The minimum Gasteiger partial charge on any atom is -0.503 e. The number of halogens is 2. The minimum absolute atomic E-state index is 0.0899. The largest absolute Gasteiger partial charge is 0.503 e. The lowest BCUT2D eigenvalue weighted by Gasteiger charge is -2.27. The van der Waals surface area contributed by atoms with Crippen LogP contribution in [0, 0.1) is 12.7 Å². The lowest BCUT2D eigenvalue weighted by Crippen LogP contribution is -2.31. The van der Waals surface area contributed by atoms with Crippen LogP contribution in [0.2, 0.25) is 5.02 Å². The first-order chi connectivity index (χ1) is 16.8. The molecular weight excluding hydrogens is 487 g/mol. The Labute approximate surface area is 209 Å². The smallest absolute Gasteiger partial charge is 0.294 e. The number of carbonyl (C=O) groups excluding carboxylic acids is 2. The van der Waals surface area contributed by atoms with Crippen molar-refractivity contribution >= 4 is 40.3 Å². The van der Waals surface area contributed by atoms with Crippen molar-refractivity contribution in [2.75, 3.05) is 4.90 Å². The average molecular weight is 505 g/mol. The van der Waals surface area contributed by atoms with Gasteiger partial charge in [0, 0.05) is 16.3 Å². The molecular formula is C27H18ClFN2O3S. The number of amides is 1. The molecule has 0 radical (unpaired) electrons. The van der Waals surface area contributed by atoms with Crippen LogP contribution in [-0.2, 0) is 4.79 Å². The molecule has 2 heterocycles. The van der Waals surface area contributed by atoms with E-state index in [1.807, 2.05) is 30.3 Å². The standard InChI is InChI=1S/C27H18ClFN2O3S/c1-15-25(35-26(30-15)17-6-3-2-4-7-17)23(32)21-22(16-10-12-19(29)13-11-16)31(27(34)24(21)33)20-9-5-8-18(28)14-20/h2-14,22,33H,1H3. The van der Waals surface area contributed by atoms with Crippen LogP contribution in [0.3, 0.4) is 0 Å². The van der Waals surface area contributed by atoms with Crippen LogP contribution in [0.4, 0.5) is 10.1 Å². The topological polar surface area (TPSA) is 70.5 Å². The summed E-state index contributed by atoms with van der Waals surface area (Å²) < 4.78 is 13.7. The van der Waals surface area contributed by atoms with E-state index < -0.39 is 29.3 Å². The van der Waals surface area contributed by atoms with E-state index in [4.69, 9.17) is 11.6 Å². The van der Waals surface area contributed by atoms with Crippen molar-refractivity contribution in [1.29, 1.82) is 0 Å². The Morgan fingerprint density at radius 1 is 1.06 bits per heavy atom. The number of hydrogen-bond acceptors (Lipinski definition) is 5. The zero-order chi connectivity index (χ0) is 24.7. The van der Waals surface area contributed by atoms with Crippen molar-refractivity contribution in [2.45, 2.75) is 13.0 Å². The van der Waals surface area contributed by atoms with Gasteiger partial charge in [-0.25, -0.2) is 9.37 Å². The van der Waals surface area contributed by atoms with Crippen molar-refractivity contribution in [1.82, 2.24) is 4.98 Å². The molecule has 0 saturated heterocycles. The number of ketones is 1. The van der Waals surface area contributed by atoms with Gasteiger partial charge in [-0.1, -0.05) is 60.1 Å². The number of aliphatic hydroxyl groups is 1. The molecule has 0 aliphatic carbocycles. The SMILES string of the molecule is Cc1nc(-c2ccccc2)sc1C(=O)C1=C(O)C(=O)N(c2cccc(Cl)c2)C1c1ccc(F)cc1. The summed E-state index contributed by atoms with van der Waals surface area (Å²) in [6.45, 7) is 1.71. The number of hydrogen-bond donors (Lipinski definition) is 1. The van der Waals surface area contributed by atoms with E-state index in [9.17, 15) is 19.1 Å². The van der Waals surface area contributed by atoms with Crippen LogP contribution in [0.25, 0.3) is 10.6 Å². The summed E-state index contributed by atoms with van der Waals surface area (Å²) in [5.41, 5.74) is 2.13. The maximum atomic E-state index is 13.8. The Kier molecular flexibility index (Phi) is 5.96. The number of aliphatic hydroxyl groups excluding tert-OH is 1. The van der Waals surface area contributed by atoms with Gasteiger partial charge in [-0.05, 0) is 42.8 Å². The summed E-state index contributed by atoms with van der Waals surface area (Å²) in [6.07, 6.45) is 0. The van der Waals surface area contributed by atoms with E-state index in [0.29, 0.717) is 31.9 Å². The normalized spacial score (nSPS) is 15.7. The highest BCUT2D eigenvalue weighted by Crippen LogP contribution is 2.43. The molecule has 0 saturated carbocycles. The molecule has 1 aromatic heterocycles. The van der Waals surface area contributed by atoms with Crippen molar-refractivity contribution in [2.24, 2.45) is 0 Å². The van der Waals surface area contributed by atoms with Gasteiger partial charge >= 0.3 is 0 Å². The molecule has 0 fully saturated rings. The molecule has 8 heteroatoms. The van der Waals surface area contributed by atoms with Gasteiger partial charge in [0.05, 0.1) is 22.2 Å². The summed E-state index contributed by atoms with van der Waals surface area (Å²) in [7, 11) is 0. The first kappa shape index (κ1) is 23.0. The van der Waals surface area contributed by atoms with Crippen LogP contribution >= 0.6 is 22.9 Å². The van der Waals surface area contributed by atoms with Crippen LogP contribution in [0.1, 0.15) is 27.0 Å². The Hall–Kier alpha value is -3.81. The Morgan fingerprint density at radius 3 is 2.46 bits per heavy atom. The van der Waals surface area contributed by atoms with Crippen molar-refractivity contribution in [3.8, 4) is 10.6 Å². The molecule has 1 aliphatic heterocycles. The van der Waals surface area contributed by atoms with E-state index in [-0.39, 0.29) is 5.57 Å². The highest BCUT2D eigenvalue weighted by Gasteiger charge is 2.45. The van der Waals surface area contributed by atoms with Crippen LogP contribution in [0.15, 0.2) is 90.2 Å². The zero-order valence-electron chi connectivity index (χ0n) is 18.4. The number of benzene rings is 3. The Balaban J connectivity index is 1.64. The first-order valence-corrected chi connectivity index (χ1v) is 11.9. The number of aromatic nitrogens is 1. The number of aryl methyl sites for hydroxylation is 1. The molecule has 5 nitrogen and oxygen atoms in total. The molecule has 0 bridgehead atoms. The van der Waals surface area contributed by atoms with Gasteiger partial charge in [-0.2, -0.15) is 0 Å². The zero-order valence-corrected chi connectivity index (χ0v) is 20.0. The number of thiazole rings is 1. The molecule has 35 heavy (non-hydrogen) atoms. The second-order valence-electron chi connectivity index (χ2n) is 8.00. The van der Waals surface area contributed by atoms with Crippen molar-refractivity contribution in [3.63, 3.8) is 0 Å². The fraction of sp³-hybridized carbons (Fsp3) is 0.0741. The summed E-state index contributed by atoms with van der Waals surface area (Å²) in [4.78, 5) is 33.3. The molecule has 1 unspecified atom stereocenters. The molecule has 5 rings (SSSR count). The van der Waals surface area contributed by atoms with Crippen LogP contribution < -0.4 is 4.90 Å². The molecule has 1 aliphatic rings. The van der Waals surface area contributed by atoms with Crippen molar-refractivity contribution in [3.05, 3.63) is 117 Å². The molecule has 3 aromatic carbocycles. The van der Waals surface area contributed by atoms with Crippen LogP contribution in [-0.4, -0.2) is 21.8 Å². The number of carbonyl (C=O) groups is 2. The second-order valence-corrected chi connectivity index (χ2v) is 9.44. The van der Waals surface area contributed by atoms with Gasteiger partial charge in [0.2, 0.25) is 5.78 Å². The lowest BCUT2D eigenvalue weighted by molar-refractivity contribution is -0.117. The number of Topliss-reactive ketones (excluding diaryl/α,β-unsaturated/α-hetero) is 1. The third-order valence-corrected chi connectivity index (χ3v) is 7.19. The van der Waals surface area contributed by atoms with Gasteiger partial charge in [-0.3, -0.25) is 14.5 Å². The summed E-state index contributed by atoms with van der Waals surface area (Å²) >= 11 is 7.35. The lowest BCUT2D eigenvalue weighted by atomic mass is 9.95. The summed E-state index contributed by atoms with van der Waals surface area (Å²) in [6, 6.07) is 20.5. The van der Waals surface area contributed by atoms with E-state index in [2.05, 4.69) is 4.98 Å². The molecule has 1 amide bonds. The van der Waals surface area contributed by atoms with Gasteiger partial charge in [-0.15, -0.1) is 11.3 Å². The quantitative estimate of drug-likeness (QED) is 0.307. The molecule has 174 valence electrons. The Bertz CT molecular complexity index is 1480. The predicted octanol–water partition coefficient (Wildman–Crippen LogP) is 6.69. The summed E-state index contributed by atoms with van der Waals surface area (Å²) in [5.74, 6) is -2.36. The predicted molar refractivity (Wildman–Crippen MR) is 134 cm³/mol. The fourth-order valence-electron chi connectivity index (χ4n) is 4.12. The number of nitrogens with zero attached hydrogens (tertiary/aromatic N) is 2. The number of anilines is 1. The monoisotopic (exact) mass is 504 g/mol. The molecule has 0 spiro atoms. The maximum Gasteiger partial charge on any atom is 0.294 e.